The van der Waals surface area contributed by atoms with E-state index in [-0.39, 0.29) is 24.2 Å². The molecule has 1 aliphatic heterocycles. The first kappa shape index (κ1) is 22.5. The first-order valence-corrected chi connectivity index (χ1v) is 11.1. The summed E-state index contributed by atoms with van der Waals surface area (Å²) in [5.74, 6) is -0.755. The van der Waals surface area contributed by atoms with Crippen molar-refractivity contribution < 1.29 is 19.1 Å². The number of anilines is 1. The number of aromatic amines is 1. The third-order valence-electron chi connectivity index (χ3n) is 4.86. The first-order chi connectivity index (χ1) is 14.1. The molecular formula is C21H30N4O4S. The molecule has 2 atom stereocenters. The van der Waals surface area contributed by atoms with Crippen molar-refractivity contribution >= 4 is 28.3 Å². The number of ether oxygens (including phenoxy) is 2. The molecule has 0 spiro atoms. The summed E-state index contributed by atoms with van der Waals surface area (Å²) in [6.07, 6.45) is 0.166. The molecule has 1 amide bonds. The molecule has 0 bridgehead atoms. The second kappa shape index (κ2) is 9.28. The van der Waals surface area contributed by atoms with Crippen LogP contribution in [0.2, 0.25) is 0 Å². The Hall–Kier alpha value is -2.23. The highest BCUT2D eigenvalue weighted by atomic mass is 32.1. The van der Waals surface area contributed by atoms with Crippen LogP contribution >= 0.6 is 11.3 Å². The highest BCUT2D eigenvalue weighted by Crippen LogP contribution is 2.23. The number of hydrogen-bond donors (Lipinski definition) is 2. The second-order valence-electron chi connectivity index (χ2n) is 8.13. The van der Waals surface area contributed by atoms with Crippen LogP contribution in [0.5, 0.6) is 0 Å². The van der Waals surface area contributed by atoms with Crippen LogP contribution in [0.3, 0.4) is 0 Å². The van der Waals surface area contributed by atoms with Crippen LogP contribution < -0.4 is 5.32 Å². The van der Waals surface area contributed by atoms with E-state index in [9.17, 15) is 9.59 Å². The zero-order chi connectivity index (χ0) is 22.0. The number of H-pyrrole nitrogens is 1. The maximum Gasteiger partial charge on any atom is 0.340 e. The summed E-state index contributed by atoms with van der Waals surface area (Å²) in [4.78, 5) is 35.0. The predicted molar refractivity (Wildman–Crippen MR) is 116 cm³/mol. The van der Waals surface area contributed by atoms with Crippen LogP contribution in [-0.4, -0.2) is 58.1 Å². The molecule has 1 saturated heterocycles. The molecule has 8 nitrogen and oxygen atoms in total. The van der Waals surface area contributed by atoms with Crippen LogP contribution in [0, 0.1) is 13.8 Å². The lowest BCUT2D eigenvalue weighted by Gasteiger charge is -2.34. The van der Waals surface area contributed by atoms with Gasteiger partial charge in [0.15, 0.2) is 5.13 Å². The maximum absolute atomic E-state index is 12.8. The quantitative estimate of drug-likeness (QED) is 0.676. The number of aryl methyl sites for hydroxylation is 1. The van der Waals surface area contributed by atoms with Gasteiger partial charge in [-0.25, -0.2) is 9.78 Å². The van der Waals surface area contributed by atoms with Gasteiger partial charge in [-0.05, 0) is 47.1 Å². The Balaban J connectivity index is 1.66. The Labute approximate surface area is 181 Å². The fraction of sp³-hybridized carbons (Fsp3) is 0.571. The number of hydrogen-bond acceptors (Lipinski definition) is 7. The second-order valence-corrected chi connectivity index (χ2v) is 8.99. The predicted octanol–water partition coefficient (Wildman–Crippen LogP) is 3.51. The largest absolute Gasteiger partial charge is 0.459 e. The van der Waals surface area contributed by atoms with Crippen molar-refractivity contribution in [2.45, 2.75) is 66.4 Å². The third-order valence-corrected chi connectivity index (χ3v) is 5.67. The fourth-order valence-electron chi connectivity index (χ4n) is 3.80. The average molecular weight is 435 g/mol. The van der Waals surface area contributed by atoms with Crippen LogP contribution in [0.4, 0.5) is 5.13 Å². The zero-order valence-corrected chi connectivity index (χ0v) is 19.2. The zero-order valence-electron chi connectivity index (χ0n) is 18.4. The molecule has 2 aromatic heterocycles. The number of thiazole rings is 1. The lowest BCUT2D eigenvalue weighted by Crippen LogP contribution is -2.44. The molecule has 0 aliphatic carbocycles. The standard InChI is InChI=1S/C21H30N4O4S/c1-11(2)28-20(27)17-14(5)18(22-15(17)6)19(26)24-21-23-16(10-30-21)9-25-7-12(3)29-13(4)8-25/h10-13,22H,7-9H2,1-6H3,(H,23,24,26). The van der Waals surface area contributed by atoms with Gasteiger partial charge >= 0.3 is 5.97 Å². The van der Waals surface area contributed by atoms with Gasteiger partial charge in [0, 0.05) is 30.7 Å². The van der Waals surface area contributed by atoms with Crippen LogP contribution in [0.15, 0.2) is 5.38 Å². The van der Waals surface area contributed by atoms with Gasteiger partial charge in [-0.15, -0.1) is 11.3 Å². The van der Waals surface area contributed by atoms with Crippen molar-refractivity contribution in [2.75, 3.05) is 18.4 Å². The molecule has 2 unspecified atom stereocenters. The van der Waals surface area contributed by atoms with Gasteiger partial charge in [0.05, 0.1) is 29.6 Å². The first-order valence-electron chi connectivity index (χ1n) is 10.2. The summed E-state index contributed by atoms with van der Waals surface area (Å²) in [5, 5.41) is 5.32. The molecule has 1 aliphatic rings. The Kier molecular flexibility index (Phi) is 6.95. The maximum atomic E-state index is 12.8. The summed E-state index contributed by atoms with van der Waals surface area (Å²) < 4.78 is 11.1. The highest BCUT2D eigenvalue weighted by Gasteiger charge is 2.25. The van der Waals surface area contributed by atoms with Crippen molar-refractivity contribution in [3.63, 3.8) is 0 Å². The van der Waals surface area contributed by atoms with Crippen molar-refractivity contribution in [2.24, 2.45) is 0 Å². The molecule has 1 fully saturated rings. The number of morpholine rings is 1. The van der Waals surface area contributed by atoms with E-state index in [4.69, 9.17) is 9.47 Å². The topological polar surface area (TPSA) is 96.5 Å². The molecule has 9 heteroatoms. The van der Waals surface area contributed by atoms with Crippen molar-refractivity contribution in [3.05, 3.63) is 33.6 Å². The Morgan fingerprint density at radius 3 is 2.63 bits per heavy atom. The van der Waals surface area contributed by atoms with Gasteiger partial charge < -0.3 is 14.5 Å². The summed E-state index contributed by atoms with van der Waals surface area (Å²) in [7, 11) is 0. The number of aromatic nitrogens is 2. The number of carbonyl (C=O) groups excluding carboxylic acids is 2. The van der Waals surface area contributed by atoms with Crippen molar-refractivity contribution in [3.8, 4) is 0 Å². The van der Waals surface area contributed by atoms with E-state index in [1.165, 1.54) is 11.3 Å². The summed E-state index contributed by atoms with van der Waals surface area (Å²) in [6, 6.07) is 0. The number of esters is 1. The van der Waals surface area contributed by atoms with Gasteiger partial charge in [0.25, 0.3) is 5.91 Å². The monoisotopic (exact) mass is 434 g/mol. The minimum Gasteiger partial charge on any atom is -0.459 e. The van der Waals surface area contributed by atoms with Crippen LogP contribution in [0.1, 0.15) is 65.5 Å². The average Bonchev–Trinajstić information content (AvgIpc) is 3.16. The summed E-state index contributed by atoms with van der Waals surface area (Å²) in [5.41, 5.74) is 2.85. The Bertz CT molecular complexity index is 910. The molecule has 0 aromatic carbocycles. The van der Waals surface area contributed by atoms with E-state index in [0.717, 1.165) is 25.3 Å². The fourth-order valence-corrected chi connectivity index (χ4v) is 4.49. The minimum absolute atomic E-state index is 0.197. The number of nitrogens with one attached hydrogen (secondary N) is 2. The lowest BCUT2D eigenvalue weighted by atomic mass is 10.1. The van der Waals surface area contributed by atoms with Gasteiger partial charge in [-0.2, -0.15) is 0 Å². The Morgan fingerprint density at radius 2 is 2.00 bits per heavy atom. The van der Waals surface area contributed by atoms with E-state index in [0.29, 0.717) is 27.6 Å². The summed E-state index contributed by atoms with van der Waals surface area (Å²) >= 11 is 1.39. The van der Waals surface area contributed by atoms with Gasteiger partial charge in [-0.3, -0.25) is 15.0 Å². The highest BCUT2D eigenvalue weighted by molar-refractivity contribution is 7.14. The molecule has 2 N–H and O–H groups in total. The molecule has 164 valence electrons. The molecule has 30 heavy (non-hydrogen) atoms. The molecule has 2 aromatic rings. The smallest absolute Gasteiger partial charge is 0.340 e. The number of nitrogens with zero attached hydrogens (tertiary/aromatic N) is 2. The third kappa shape index (κ3) is 5.27. The minimum atomic E-state index is -0.430. The van der Waals surface area contributed by atoms with E-state index >= 15 is 0 Å². The summed E-state index contributed by atoms with van der Waals surface area (Å²) in [6.45, 7) is 13.7. The molecule has 3 heterocycles. The Morgan fingerprint density at radius 1 is 1.33 bits per heavy atom. The van der Waals surface area contributed by atoms with Crippen LogP contribution in [-0.2, 0) is 16.0 Å². The van der Waals surface area contributed by atoms with Gasteiger partial charge in [0.1, 0.15) is 5.69 Å². The molecule has 0 saturated carbocycles. The van der Waals surface area contributed by atoms with Crippen molar-refractivity contribution in [1.29, 1.82) is 0 Å². The van der Waals surface area contributed by atoms with E-state index < -0.39 is 5.97 Å². The van der Waals surface area contributed by atoms with Crippen LogP contribution in [0.25, 0.3) is 0 Å². The van der Waals surface area contributed by atoms with E-state index in [2.05, 4.69) is 34.0 Å². The lowest BCUT2D eigenvalue weighted by molar-refractivity contribution is -0.0707. The number of amides is 1. The number of carbonyl (C=O) groups is 2. The molecular weight excluding hydrogens is 404 g/mol. The molecule has 3 rings (SSSR count). The SMILES string of the molecule is Cc1[nH]c(C(=O)Nc2nc(CN3CC(C)OC(C)C3)cs2)c(C)c1C(=O)OC(C)C. The number of rotatable bonds is 6. The van der Waals surface area contributed by atoms with Gasteiger partial charge in [-0.1, -0.05) is 0 Å². The van der Waals surface area contributed by atoms with E-state index in [1.54, 1.807) is 27.7 Å². The normalized spacial score (nSPS) is 19.8. The van der Waals surface area contributed by atoms with Gasteiger partial charge in [0.2, 0.25) is 0 Å². The van der Waals surface area contributed by atoms with E-state index in [1.807, 2.05) is 5.38 Å². The van der Waals surface area contributed by atoms with Crippen molar-refractivity contribution in [1.82, 2.24) is 14.9 Å². The molecule has 0 radical (unpaired) electrons.